The maximum atomic E-state index is 12.3. The molecule has 0 amide bonds. The van der Waals surface area contributed by atoms with Crippen molar-refractivity contribution < 1.29 is 18.3 Å². The van der Waals surface area contributed by atoms with Gasteiger partial charge in [0.15, 0.2) is 0 Å². The number of sulfonamides is 1. The lowest BCUT2D eigenvalue weighted by atomic mass is 10.2. The van der Waals surface area contributed by atoms with E-state index in [4.69, 9.17) is 9.84 Å². The standard InChI is InChI=1S/C11H15Br2NO4S/c1-18-7-9(4-5-15)14-19(16,17)11-6-8(12)2-3-10(11)13/h2-3,6,9,14-15H,4-5,7H2,1H3. The molecule has 0 aliphatic heterocycles. The highest BCUT2D eigenvalue weighted by Crippen LogP contribution is 2.25. The van der Waals surface area contributed by atoms with Gasteiger partial charge in [-0.1, -0.05) is 15.9 Å². The Labute approximate surface area is 129 Å². The van der Waals surface area contributed by atoms with Crippen LogP contribution in [-0.2, 0) is 14.8 Å². The fourth-order valence-electron chi connectivity index (χ4n) is 1.50. The Bertz CT molecular complexity index is 515. The van der Waals surface area contributed by atoms with Gasteiger partial charge in [-0.05, 0) is 40.5 Å². The Kier molecular flexibility index (Phi) is 6.92. The monoisotopic (exact) mass is 415 g/mol. The van der Waals surface area contributed by atoms with Gasteiger partial charge in [0.25, 0.3) is 0 Å². The Hall–Kier alpha value is 0.01000. The van der Waals surface area contributed by atoms with Crippen molar-refractivity contribution in [2.24, 2.45) is 0 Å². The van der Waals surface area contributed by atoms with E-state index < -0.39 is 16.1 Å². The van der Waals surface area contributed by atoms with Crippen LogP contribution < -0.4 is 4.72 Å². The predicted molar refractivity (Wildman–Crippen MR) is 79.5 cm³/mol. The second kappa shape index (κ2) is 7.70. The Morgan fingerprint density at radius 1 is 1.42 bits per heavy atom. The van der Waals surface area contributed by atoms with Gasteiger partial charge in [-0.3, -0.25) is 0 Å². The Morgan fingerprint density at radius 3 is 2.68 bits per heavy atom. The van der Waals surface area contributed by atoms with Crippen molar-refractivity contribution in [2.45, 2.75) is 17.4 Å². The Morgan fingerprint density at radius 2 is 2.11 bits per heavy atom. The lowest BCUT2D eigenvalue weighted by Gasteiger charge is -2.17. The van der Waals surface area contributed by atoms with Crippen LogP contribution in [0.25, 0.3) is 0 Å². The van der Waals surface area contributed by atoms with Gasteiger partial charge in [0.2, 0.25) is 10.0 Å². The second-order valence-electron chi connectivity index (χ2n) is 3.86. The highest BCUT2D eigenvalue weighted by atomic mass is 79.9. The molecule has 1 aromatic rings. The van der Waals surface area contributed by atoms with Crippen LogP contribution in [0.15, 0.2) is 32.0 Å². The normalized spacial score (nSPS) is 13.5. The van der Waals surface area contributed by atoms with Gasteiger partial charge >= 0.3 is 0 Å². The average Bonchev–Trinajstić information content (AvgIpc) is 2.32. The molecular weight excluding hydrogens is 402 g/mol. The molecule has 1 unspecified atom stereocenters. The van der Waals surface area contributed by atoms with Crippen LogP contribution in [0.3, 0.4) is 0 Å². The first kappa shape index (κ1) is 17.1. The zero-order valence-electron chi connectivity index (χ0n) is 10.3. The minimum Gasteiger partial charge on any atom is -0.396 e. The molecule has 0 aliphatic carbocycles. The number of hydrogen-bond acceptors (Lipinski definition) is 4. The minimum atomic E-state index is -3.68. The summed E-state index contributed by atoms with van der Waals surface area (Å²) in [6.07, 6.45) is 0.290. The quantitative estimate of drug-likeness (QED) is 0.711. The van der Waals surface area contributed by atoms with Crippen LogP contribution in [-0.4, -0.2) is 39.9 Å². The van der Waals surface area contributed by atoms with E-state index in [9.17, 15) is 8.42 Å². The molecule has 0 aromatic heterocycles. The molecule has 0 aliphatic rings. The lowest BCUT2D eigenvalue weighted by Crippen LogP contribution is -2.38. The molecule has 0 heterocycles. The molecule has 0 bridgehead atoms. The van der Waals surface area contributed by atoms with Crippen molar-refractivity contribution >= 4 is 41.9 Å². The van der Waals surface area contributed by atoms with Crippen LogP contribution >= 0.6 is 31.9 Å². The number of hydrogen-bond donors (Lipinski definition) is 2. The molecule has 108 valence electrons. The number of ether oxygens (including phenoxy) is 1. The van der Waals surface area contributed by atoms with Crippen molar-refractivity contribution in [1.82, 2.24) is 4.72 Å². The van der Waals surface area contributed by atoms with E-state index in [2.05, 4.69) is 36.6 Å². The molecule has 5 nitrogen and oxygen atoms in total. The number of aliphatic hydroxyl groups is 1. The van der Waals surface area contributed by atoms with Gasteiger partial charge in [-0.25, -0.2) is 13.1 Å². The SMILES string of the molecule is COCC(CCO)NS(=O)(=O)c1cc(Br)ccc1Br. The summed E-state index contributed by atoms with van der Waals surface area (Å²) in [7, 11) is -2.20. The van der Waals surface area contributed by atoms with Crippen molar-refractivity contribution in [3.8, 4) is 0 Å². The van der Waals surface area contributed by atoms with Crippen molar-refractivity contribution in [3.63, 3.8) is 0 Å². The van der Waals surface area contributed by atoms with Gasteiger partial charge in [-0.2, -0.15) is 0 Å². The molecule has 1 aromatic carbocycles. The first-order valence-corrected chi connectivity index (χ1v) is 8.55. The molecule has 0 saturated heterocycles. The second-order valence-corrected chi connectivity index (χ2v) is 7.31. The largest absolute Gasteiger partial charge is 0.396 e. The van der Waals surface area contributed by atoms with E-state index in [0.29, 0.717) is 15.4 Å². The smallest absolute Gasteiger partial charge is 0.242 e. The van der Waals surface area contributed by atoms with Crippen molar-refractivity contribution in [1.29, 1.82) is 0 Å². The molecule has 1 rings (SSSR count). The first-order chi connectivity index (χ1) is 8.90. The van der Waals surface area contributed by atoms with Crippen LogP contribution in [0.4, 0.5) is 0 Å². The molecule has 0 radical (unpaired) electrons. The highest BCUT2D eigenvalue weighted by Gasteiger charge is 2.22. The molecule has 0 spiro atoms. The van der Waals surface area contributed by atoms with E-state index in [1.165, 1.54) is 13.2 Å². The molecule has 1 atom stereocenters. The van der Waals surface area contributed by atoms with E-state index in [0.717, 1.165) is 0 Å². The van der Waals surface area contributed by atoms with Gasteiger partial charge in [0.05, 0.1) is 11.5 Å². The lowest BCUT2D eigenvalue weighted by molar-refractivity contribution is 0.158. The molecular formula is C11H15Br2NO4S. The fourth-order valence-corrected chi connectivity index (χ4v) is 4.26. The molecule has 0 fully saturated rings. The summed E-state index contributed by atoms with van der Waals surface area (Å²) in [4.78, 5) is 0.140. The summed E-state index contributed by atoms with van der Waals surface area (Å²) in [5.41, 5.74) is 0. The van der Waals surface area contributed by atoms with Crippen LogP contribution in [0, 0.1) is 0 Å². The Balaban J connectivity index is 2.99. The third-order valence-corrected chi connectivity index (χ3v) is 5.36. The molecule has 2 N–H and O–H groups in total. The summed E-state index contributed by atoms with van der Waals surface area (Å²) >= 11 is 6.45. The minimum absolute atomic E-state index is 0.115. The van der Waals surface area contributed by atoms with Crippen LogP contribution in [0.5, 0.6) is 0 Å². The summed E-state index contributed by atoms with van der Waals surface area (Å²) in [5.74, 6) is 0. The summed E-state index contributed by atoms with van der Waals surface area (Å²) in [5, 5.41) is 8.92. The average molecular weight is 417 g/mol. The third kappa shape index (κ3) is 5.13. The topological polar surface area (TPSA) is 75.6 Å². The molecule has 8 heteroatoms. The summed E-state index contributed by atoms with van der Waals surface area (Å²) in [6.45, 7) is 0.0849. The maximum absolute atomic E-state index is 12.3. The zero-order valence-corrected chi connectivity index (χ0v) is 14.3. The van der Waals surface area contributed by atoms with Crippen LogP contribution in [0.1, 0.15) is 6.42 Å². The van der Waals surface area contributed by atoms with Crippen molar-refractivity contribution in [2.75, 3.05) is 20.3 Å². The number of rotatable bonds is 7. The van der Waals surface area contributed by atoms with E-state index >= 15 is 0 Å². The number of benzene rings is 1. The summed E-state index contributed by atoms with van der Waals surface area (Å²) < 4.78 is 33.1. The number of halogens is 2. The molecule has 0 saturated carbocycles. The van der Waals surface area contributed by atoms with Crippen molar-refractivity contribution in [3.05, 3.63) is 27.1 Å². The zero-order chi connectivity index (χ0) is 14.5. The van der Waals surface area contributed by atoms with E-state index in [1.54, 1.807) is 12.1 Å². The van der Waals surface area contributed by atoms with E-state index in [-0.39, 0.29) is 18.1 Å². The van der Waals surface area contributed by atoms with Gasteiger partial charge in [-0.15, -0.1) is 0 Å². The molecule has 19 heavy (non-hydrogen) atoms. The van der Waals surface area contributed by atoms with E-state index in [1.807, 2.05) is 0 Å². The maximum Gasteiger partial charge on any atom is 0.242 e. The van der Waals surface area contributed by atoms with Gasteiger partial charge in [0, 0.05) is 28.7 Å². The highest BCUT2D eigenvalue weighted by molar-refractivity contribution is 9.11. The number of methoxy groups -OCH3 is 1. The predicted octanol–water partition coefficient (Wildman–Crippen LogP) is 1.89. The van der Waals surface area contributed by atoms with Gasteiger partial charge < -0.3 is 9.84 Å². The fraction of sp³-hybridized carbons (Fsp3) is 0.455. The first-order valence-electron chi connectivity index (χ1n) is 5.48. The number of aliphatic hydroxyl groups excluding tert-OH is 1. The van der Waals surface area contributed by atoms with Crippen LogP contribution in [0.2, 0.25) is 0 Å². The third-order valence-electron chi connectivity index (χ3n) is 2.35. The van der Waals surface area contributed by atoms with Gasteiger partial charge in [0.1, 0.15) is 0 Å². The summed E-state index contributed by atoms with van der Waals surface area (Å²) in [6, 6.07) is 4.43. The number of nitrogens with one attached hydrogen (secondary N) is 1.